The summed E-state index contributed by atoms with van der Waals surface area (Å²) < 4.78 is 5.58. The molecule has 3 rings (SSSR count). The fourth-order valence-corrected chi connectivity index (χ4v) is 4.34. The highest BCUT2D eigenvalue weighted by molar-refractivity contribution is 6.30. The average Bonchev–Trinajstić information content (AvgIpc) is 2.98. The van der Waals surface area contributed by atoms with Crippen LogP contribution < -0.4 is 4.90 Å². The summed E-state index contributed by atoms with van der Waals surface area (Å²) in [6, 6.07) is 15.1. The van der Waals surface area contributed by atoms with Gasteiger partial charge in [-0.25, -0.2) is 9.59 Å². The molecule has 1 saturated heterocycles. The number of halogens is 2. The van der Waals surface area contributed by atoms with Crippen LogP contribution in [0, 0.1) is 0 Å². The van der Waals surface area contributed by atoms with Crippen molar-refractivity contribution in [3.05, 3.63) is 76.8 Å². The number of piperazine rings is 1. The molecule has 1 heterocycles. The third-order valence-corrected chi connectivity index (χ3v) is 6.75. The number of hydrogen-bond acceptors (Lipinski definition) is 6. The number of benzene rings is 2. The zero-order valence-corrected chi connectivity index (χ0v) is 25.3. The van der Waals surface area contributed by atoms with Crippen LogP contribution in [0.4, 0.5) is 5.69 Å². The van der Waals surface area contributed by atoms with E-state index < -0.39 is 11.9 Å². The summed E-state index contributed by atoms with van der Waals surface area (Å²) in [6.07, 6.45) is 2.17. The second kappa shape index (κ2) is 18.2. The van der Waals surface area contributed by atoms with Crippen molar-refractivity contribution in [1.29, 1.82) is 0 Å². The van der Waals surface area contributed by atoms with E-state index in [0.717, 1.165) is 31.1 Å². The molecule has 1 fully saturated rings. The molecule has 0 spiro atoms. The molecule has 2 aromatic carbocycles. The zero-order chi connectivity index (χ0) is 31.1. The Labute approximate surface area is 256 Å². The van der Waals surface area contributed by atoms with E-state index in [9.17, 15) is 19.2 Å². The van der Waals surface area contributed by atoms with Crippen LogP contribution in [0.15, 0.2) is 60.7 Å². The first-order chi connectivity index (χ1) is 20.0. The molecule has 0 bridgehead atoms. The molecule has 0 saturated carbocycles. The number of amides is 2. The molecular formula is C30H37Cl2N3O7. The fourth-order valence-electron chi connectivity index (χ4n) is 4.07. The highest BCUT2D eigenvalue weighted by Crippen LogP contribution is 2.18. The predicted molar refractivity (Wildman–Crippen MR) is 163 cm³/mol. The molecule has 0 radical (unpaired) electrons. The molecule has 2 aromatic rings. The summed E-state index contributed by atoms with van der Waals surface area (Å²) in [5.74, 6) is -2.80. The smallest absolute Gasteiger partial charge is 0.328 e. The van der Waals surface area contributed by atoms with Crippen LogP contribution in [-0.4, -0.2) is 102 Å². The first-order valence-electron chi connectivity index (χ1n) is 13.5. The lowest BCUT2D eigenvalue weighted by molar-refractivity contribution is -0.134. The van der Waals surface area contributed by atoms with Gasteiger partial charge in [-0.05, 0) is 62.2 Å². The normalized spacial score (nSPS) is 13.5. The van der Waals surface area contributed by atoms with Gasteiger partial charge in [-0.1, -0.05) is 23.7 Å². The highest BCUT2D eigenvalue weighted by atomic mass is 35.5. The Morgan fingerprint density at radius 2 is 1.50 bits per heavy atom. The van der Waals surface area contributed by atoms with Gasteiger partial charge >= 0.3 is 11.9 Å². The molecule has 0 atom stereocenters. The molecule has 12 heteroatoms. The third kappa shape index (κ3) is 12.6. The number of rotatable bonds is 12. The molecule has 10 nitrogen and oxygen atoms in total. The lowest BCUT2D eigenvalue weighted by Crippen LogP contribution is -2.49. The first kappa shape index (κ1) is 34.8. The Morgan fingerprint density at radius 3 is 2.00 bits per heavy atom. The molecular weight excluding hydrogens is 585 g/mol. The molecule has 2 amide bonds. The monoisotopic (exact) mass is 621 g/mol. The topological polar surface area (TPSA) is 128 Å². The van der Waals surface area contributed by atoms with Crippen LogP contribution in [0.3, 0.4) is 0 Å². The fraction of sp³-hybridized carbons (Fsp3) is 0.400. The number of carbonyl (C=O) groups excluding carboxylic acids is 2. The minimum atomic E-state index is -1.26. The molecule has 228 valence electrons. The van der Waals surface area contributed by atoms with Gasteiger partial charge in [0.15, 0.2) is 0 Å². The summed E-state index contributed by atoms with van der Waals surface area (Å²) in [6.45, 7) is 8.80. The maximum atomic E-state index is 13.0. The van der Waals surface area contributed by atoms with E-state index in [2.05, 4.69) is 17.0 Å². The molecule has 1 aliphatic heterocycles. The maximum Gasteiger partial charge on any atom is 0.328 e. The van der Waals surface area contributed by atoms with Crippen molar-refractivity contribution in [3.63, 3.8) is 0 Å². The van der Waals surface area contributed by atoms with E-state index >= 15 is 0 Å². The van der Waals surface area contributed by atoms with Crippen molar-refractivity contribution in [3.8, 4) is 0 Å². The van der Waals surface area contributed by atoms with Crippen LogP contribution in [-0.2, 0) is 25.5 Å². The summed E-state index contributed by atoms with van der Waals surface area (Å²) in [5.41, 5.74) is 2.59. The van der Waals surface area contributed by atoms with E-state index in [4.69, 9.17) is 38.2 Å². The predicted octanol–water partition coefficient (Wildman–Crippen LogP) is 4.05. The number of alkyl halides is 1. The third-order valence-electron chi connectivity index (χ3n) is 6.27. The van der Waals surface area contributed by atoms with Gasteiger partial charge in [0.1, 0.15) is 5.88 Å². The second-order valence-corrected chi connectivity index (χ2v) is 10.4. The van der Waals surface area contributed by atoms with Gasteiger partial charge in [0.25, 0.3) is 5.91 Å². The van der Waals surface area contributed by atoms with Crippen molar-refractivity contribution in [1.82, 2.24) is 9.80 Å². The molecule has 1 aliphatic rings. The van der Waals surface area contributed by atoms with Crippen LogP contribution in [0.5, 0.6) is 0 Å². The first-order valence-corrected chi connectivity index (χ1v) is 14.4. The van der Waals surface area contributed by atoms with Crippen LogP contribution in [0.2, 0.25) is 5.02 Å². The minimum absolute atomic E-state index is 0.0160. The summed E-state index contributed by atoms with van der Waals surface area (Å²) >= 11 is 11.8. The van der Waals surface area contributed by atoms with E-state index in [1.54, 1.807) is 29.2 Å². The summed E-state index contributed by atoms with van der Waals surface area (Å²) in [4.78, 5) is 50.3. The number of hydrogen-bond donors (Lipinski definition) is 2. The molecule has 0 aromatic heterocycles. The quantitative estimate of drug-likeness (QED) is 0.268. The second-order valence-electron chi connectivity index (χ2n) is 9.67. The van der Waals surface area contributed by atoms with Gasteiger partial charge in [-0.2, -0.15) is 0 Å². The number of carboxylic acids is 2. The van der Waals surface area contributed by atoms with Gasteiger partial charge in [-0.15, -0.1) is 11.6 Å². The number of nitrogens with zero attached hydrogens (tertiary/aromatic N) is 3. The highest BCUT2D eigenvalue weighted by Gasteiger charge is 2.22. The van der Waals surface area contributed by atoms with Gasteiger partial charge in [0.05, 0.1) is 12.7 Å². The lowest BCUT2D eigenvalue weighted by Gasteiger charge is -2.35. The van der Waals surface area contributed by atoms with Gasteiger partial charge in [0, 0.05) is 67.7 Å². The number of aliphatic carboxylic acids is 2. The van der Waals surface area contributed by atoms with Crippen molar-refractivity contribution in [2.45, 2.75) is 26.4 Å². The van der Waals surface area contributed by atoms with Crippen molar-refractivity contribution in [2.24, 2.45) is 0 Å². The van der Waals surface area contributed by atoms with E-state index in [1.807, 2.05) is 30.9 Å². The average molecular weight is 623 g/mol. The van der Waals surface area contributed by atoms with Gasteiger partial charge in [0.2, 0.25) is 5.91 Å². The van der Waals surface area contributed by atoms with Crippen LogP contribution in [0.1, 0.15) is 29.8 Å². The number of carboxylic acid groups (broad SMARTS) is 2. The molecule has 42 heavy (non-hydrogen) atoms. The minimum Gasteiger partial charge on any atom is -0.478 e. The Balaban J connectivity index is 0.000000675. The van der Waals surface area contributed by atoms with E-state index in [1.165, 1.54) is 5.56 Å². The van der Waals surface area contributed by atoms with E-state index in [0.29, 0.717) is 49.6 Å². The van der Waals surface area contributed by atoms with Gasteiger partial charge in [-0.3, -0.25) is 14.5 Å². The standard InChI is InChI=1S/C26H33Cl2N3O3.C4H4O4/c1-20(2)34-18-17-31(25(32)19-27)24-9-5-22(6-10-24)26(33)30-15-13-29(14-16-30)12-11-21-3-7-23(28)8-4-21;5-3(6)1-2-4(7)8/h3-10,20H,11-19H2,1-2H3;1-2H,(H,5,6)(H,7,8)/b;2-1+. The lowest BCUT2D eigenvalue weighted by atomic mass is 10.1. The Kier molecular flexibility index (Phi) is 15.0. The summed E-state index contributed by atoms with van der Waals surface area (Å²) in [7, 11) is 0. The number of anilines is 1. The summed E-state index contributed by atoms with van der Waals surface area (Å²) in [5, 5.41) is 16.4. The van der Waals surface area contributed by atoms with Crippen molar-refractivity contribution >= 4 is 52.6 Å². The zero-order valence-electron chi connectivity index (χ0n) is 23.7. The van der Waals surface area contributed by atoms with Gasteiger partial charge < -0.3 is 24.7 Å². The largest absolute Gasteiger partial charge is 0.478 e. The Morgan fingerprint density at radius 1 is 0.929 bits per heavy atom. The molecule has 0 unspecified atom stereocenters. The molecule has 2 N–H and O–H groups in total. The van der Waals surface area contributed by atoms with Crippen LogP contribution >= 0.6 is 23.2 Å². The Hall–Kier alpha value is -3.44. The maximum absolute atomic E-state index is 13.0. The van der Waals surface area contributed by atoms with Crippen molar-refractivity contribution in [2.75, 3.05) is 56.7 Å². The number of ether oxygens (including phenoxy) is 1. The number of carbonyl (C=O) groups is 4. The van der Waals surface area contributed by atoms with Crippen LogP contribution in [0.25, 0.3) is 0 Å². The van der Waals surface area contributed by atoms with E-state index in [-0.39, 0.29) is 23.8 Å². The SMILES string of the molecule is CC(C)OCCN(C(=O)CCl)c1ccc(C(=O)N2CCN(CCc3ccc(Cl)cc3)CC2)cc1.O=C(O)/C=C/C(=O)O. The Bertz CT molecular complexity index is 1180. The van der Waals surface area contributed by atoms with Crippen molar-refractivity contribution < 1.29 is 34.1 Å². The molecule has 0 aliphatic carbocycles.